The second-order valence-corrected chi connectivity index (χ2v) is 3.41. The average molecular weight is 253 g/mol. The highest BCUT2D eigenvalue weighted by Crippen LogP contribution is 2.12. The predicted molar refractivity (Wildman–Crippen MR) is 72.7 cm³/mol. The third-order valence-corrected chi connectivity index (χ3v) is 2.20. The number of hydrogen-bond acceptors (Lipinski definition) is 4. The standard InChI is InChI=1S/C12H17NO3.C2H6/c1-3-16-12(14)11(13)8-9-4-6-10(15-2)7-5-9;1-2/h4-7,11H,3,8,13H2,1-2H3;1-2H3. The first kappa shape index (κ1) is 16.4. The number of methoxy groups -OCH3 is 1. The fraction of sp³-hybridized carbons (Fsp3) is 0.500. The summed E-state index contributed by atoms with van der Waals surface area (Å²) < 4.78 is 9.87. The zero-order chi connectivity index (χ0) is 14.0. The van der Waals surface area contributed by atoms with E-state index in [-0.39, 0.29) is 5.97 Å². The number of rotatable bonds is 5. The minimum atomic E-state index is -0.603. The molecule has 0 aromatic heterocycles. The van der Waals surface area contributed by atoms with E-state index in [0.717, 1.165) is 11.3 Å². The number of hydrogen-bond donors (Lipinski definition) is 1. The first-order valence-corrected chi connectivity index (χ1v) is 6.22. The van der Waals surface area contributed by atoms with Crippen molar-refractivity contribution < 1.29 is 14.3 Å². The summed E-state index contributed by atoms with van der Waals surface area (Å²) in [5.74, 6) is 0.423. The Labute approximate surface area is 109 Å². The first-order chi connectivity index (χ1) is 8.67. The van der Waals surface area contributed by atoms with Crippen LogP contribution in [0, 0.1) is 0 Å². The van der Waals surface area contributed by atoms with Gasteiger partial charge in [-0.15, -0.1) is 0 Å². The van der Waals surface area contributed by atoms with E-state index >= 15 is 0 Å². The van der Waals surface area contributed by atoms with E-state index in [2.05, 4.69) is 0 Å². The Balaban J connectivity index is 0.00000137. The molecule has 1 aromatic rings. The van der Waals surface area contributed by atoms with E-state index in [1.165, 1.54) is 0 Å². The van der Waals surface area contributed by atoms with Gasteiger partial charge in [0.2, 0.25) is 0 Å². The van der Waals surface area contributed by atoms with Gasteiger partial charge in [0.1, 0.15) is 11.8 Å². The molecule has 18 heavy (non-hydrogen) atoms. The zero-order valence-electron chi connectivity index (χ0n) is 11.6. The van der Waals surface area contributed by atoms with Gasteiger partial charge in [-0.1, -0.05) is 26.0 Å². The van der Waals surface area contributed by atoms with Crippen molar-refractivity contribution in [3.8, 4) is 5.75 Å². The molecule has 0 aliphatic carbocycles. The largest absolute Gasteiger partial charge is 0.497 e. The van der Waals surface area contributed by atoms with Crippen molar-refractivity contribution in [2.75, 3.05) is 13.7 Å². The third-order valence-electron chi connectivity index (χ3n) is 2.20. The lowest BCUT2D eigenvalue weighted by Gasteiger charge is -2.10. The number of carbonyl (C=O) groups excluding carboxylic acids is 1. The first-order valence-electron chi connectivity index (χ1n) is 6.22. The van der Waals surface area contributed by atoms with Crippen molar-refractivity contribution in [2.24, 2.45) is 5.73 Å². The van der Waals surface area contributed by atoms with Crippen LogP contribution in [0.5, 0.6) is 5.75 Å². The molecule has 1 atom stereocenters. The summed E-state index contributed by atoms with van der Waals surface area (Å²) in [6.45, 7) is 6.12. The van der Waals surface area contributed by atoms with Crippen LogP contribution in [0.25, 0.3) is 0 Å². The van der Waals surface area contributed by atoms with Crippen molar-refractivity contribution in [3.05, 3.63) is 29.8 Å². The third kappa shape index (κ3) is 5.68. The van der Waals surface area contributed by atoms with Gasteiger partial charge in [0.15, 0.2) is 0 Å². The normalized spacial score (nSPS) is 10.9. The maximum absolute atomic E-state index is 11.3. The van der Waals surface area contributed by atoms with Crippen molar-refractivity contribution in [3.63, 3.8) is 0 Å². The van der Waals surface area contributed by atoms with Gasteiger partial charge in [-0.3, -0.25) is 4.79 Å². The Morgan fingerprint density at radius 1 is 1.28 bits per heavy atom. The number of benzene rings is 1. The van der Waals surface area contributed by atoms with E-state index in [1.807, 2.05) is 38.1 Å². The van der Waals surface area contributed by atoms with Crippen molar-refractivity contribution in [1.29, 1.82) is 0 Å². The van der Waals surface area contributed by atoms with Gasteiger partial charge in [0.25, 0.3) is 0 Å². The molecule has 0 radical (unpaired) electrons. The minimum absolute atomic E-state index is 0.356. The van der Waals surface area contributed by atoms with Gasteiger partial charge in [0.05, 0.1) is 13.7 Å². The van der Waals surface area contributed by atoms with Gasteiger partial charge in [-0.25, -0.2) is 0 Å². The maximum atomic E-state index is 11.3. The highest BCUT2D eigenvalue weighted by Gasteiger charge is 2.14. The van der Waals surface area contributed by atoms with E-state index in [9.17, 15) is 4.79 Å². The van der Waals surface area contributed by atoms with Crippen LogP contribution in [-0.2, 0) is 16.0 Å². The summed E-state index contributed by atoms with van der Waals surface area (Å²) in [5.41, 5.74) is 6.69. The number of carbonyl (C=O) groups is 1. The SMILES string of the molecule is CC.CCOC(=O)C(N)Cc1ccc(OC)cc1. The molecule has 4 heteroatoms. The summed E-state index contributed by atoms with van der Waals surface area (Å²) in [4.78, 5) is 11.3. The number of ether oxygens (including phenoxy) is 2. The fourth-order valence-corrected chi connectivity index (χ4v) is 1.35. The Morgan fingerprint density at radius 3 is 2.28 bits per heavy atom. The molecule has 0 amide bonds. The van der Waals surface area contributed by atoms with Crippen LogP contribution in [-0.4, -0.2) is 25.7 Å². The molecule has 0 saturated heterocycles. The second kappa shape index (κ2) is 9.48. The van der Waals surface area contributed by atoms with Crippen molar-refractivity contribution in [1.82, 2.24) is 0 Å². The lowest BCUT2D eigenvalue weighted by Crippen LogP contribution is -2.34. The molecule has 0 aliphatic heterocycles. The molecule has 102 valence electrons. The van der Waals surface area contributed by atoms with Gasteiger partial charge in [-0.05, 0) is 31.0 Å². The Hall–Kier alpha value is -1.55. The molecule has 1 aromatic carbocycles. The molecule has 4 nitrogen and oxygen atoms in total. The molecule has 0 spiro atoms. The van der Waals surface area contributed by atoms with Crippen LogP contribution >= 0.6 is 0 Å². The summed E-state index contributed by atoms with van der Waals surface area (Å²) in [6.07, 6.45) is 0.475. The van der Waals surface area contributed by atoms with Gasteiger partial charge < -0.3 is 15.2 Å². The van der Waals surface area contributed by atoms with Crippen LogP contribution in [0.4, 0.5) is 0 Å². The highest BCUT2D eigenvalue weighted by molar-refractivity contribution is 5.75. The smallest absolute Gasteiger partial charge is 0.323 e. The van der Waals surface area contributed by atoms with Crippen LogP contribution in [0.3, 0.4) is 0 Å². The Morgan fingerprint density at radius 2 is 1.83 bits per heavy atom. The molecule has 0 heterocycles. The Bertz CT molecular complexity index is 335. The van der Waals surface area contributed by atoms with Gasteiger partial charge in [-0.2, -0.15) is 0 Å². The van der Waals surface area contributed by atoms with E-state index in [4.69, 9.17) is 15.2 Å². The number of esters is 1. The van der Waals surface area contributed by atoms with Gasteiger partial charge in [0, 0.05) is 0 Å². The quantitative estimate of drug-likeness (QED) is 0.817. The van der Waals surface area contributed by atoms with E-state index in [0.29, 0.717) is 13.0 Å². The van der Waals surface area contributed by atoms with E-state index < -0.39 is 6.04 Å². The topological polar surface area (TPSA) is 61.5 Å². The Kier molecular flexibility index (Phi) is 8.66. The molecule has 0 fully saturated rings. The second-order valence-electron chi connectivity index (χ2n) is 3.41. The minimum Gasteiger partial charge on any atom is -0.497 e. The van der Waals surface area contributed by atoms with Crippen molar-refractivity contribution >= 4 is 5.97 Å². The highest BCUT2D eigenvalue weighted by atomic mass is 16.5. The molecule has 0 aliphatic rings. The van der Waals surface area contributed by atoms with Crippen LogP contribution in [0.1, 0.15) is 26.3 Å². The lowest BCUT2D eigenvalue weighted by atomic mass is 10.1. The molecular formula is C14H23NO3. The van der Waals surface area contributed by atoms with Crippen LogP contribution in [0.2, 0.25) is 0 Å². The summed E-state index contributed by atoms with van der Waals surface area (Å²) in [7, 11) is 1.61. The zero-order valence-corrected chi connectivity index (χ0v) is 11.6. The molecule has 1 unspecified atom stereocenters. The lowest BCUT2D eigenvalue weighted by molar-refractivity contribution is -0.144. The molecular weight excluding hydrogens is 230 g/mol. The van der Waals surface area contributed by atoms with Crippen LogP contribution in [0.15, 0.2) is 24.3 Å². The molecule has 0 bridgehead atoms. The fourth-order valence-electron chi connectivity index (χ4n) is 1.35. The summed E-state index contributed by atoms with van der Waals surface area (Å²) in [5, 5.41) is 0. The monoisotopic (exact) mass is 253 g/mol. The van der Waals surface area contributed by atoms with E-state index in [1.54, 1.807) is 14.0 Å². The summed E-state index contributed by atoms with van der Waals surface area (Å²) >= 11 is 0. The molecule has 2 N–H and O–H groups in total. The van der Waals surface area contributed by atoms with Crippen LogP contribution < -0.4 is 10.5 Å². The predicted octanol–water partition coefficient (Wildman–Crippen LogP) is 2.15. The van der Waals surface area contributed by atoms with Crippen molar-refractivity contribution in [2.45, 2.75) is 33.2 Å². The van der Waals surface area contributed by atoms with Gasteiger partial charge >= 0.3 is 5.97 Å². The number of nitrogens with two attached hydrogens (primary N) is 1. The molecule has 0 saturated carbocycles. The summed E-state index contributed by atoms with van der Waals surface area (Å²) in [6, 6.07) is 6.85. The maximum Gasteiger partial charge on any atom is 0.323 e. The average Bonchev–Trinajstić information content (AvgIpc) is 2.42. The molecule has 1 rings (SSSR count).